The summed E-state index contributed by atoms with van der Waals surface area (Å²) >= 11 is 0. The molecule has 0 heterocycles. The molecule has 1 aromatic carbocycles. The van der Waals surface area contributed by atoms with Gasteiger partial charge in [0.2, 0.25) is 0 Å². The van der Waals surface area contributed by atoms with Crippen molar-refractivity contribution in [3.05, 3.63) is 34.4 Å². The fraction of sp³-hybridized carbons (Fsp3) is 0.562. The molecule has 0 radical (unpaired) electrons. The lowest BCUT2D eigenvalue weighted by Crippen LogP contribution is -2.19. The number of hydrogen-bond donors (Lipinski definition) is 1. The first kappa shape index (κ1) is 15.7. The van der Waals surface area contributed by atoms with Gasteiger partial charge in [-0.25, -0.2) is 0 Å². The molecule has 1 rings (SSSR count). The summed E-state index contributed by atoms with van der Waals surface area (Å²) in [5.74, 6) is -0.133. The minimum atomic E-state index is -0.133. The van der Waals surface area contributed by atoms with E-state index in [4.69, 9.17) is 0 Å². The van der Waals surface area contributed by atoms with Crippen molar-refractivity contribution in [1.29, 1.82) is 0 Å². The van der Waals surface area contributed by atoms with Crippen LogP contribution in [0.1, 0.15) is 35.1 Å². The van der Waals surface area contributed by atoms with E-state index in [0.29, 0.717) is 6.42 Å². The van der Waals surface area contributed by atoms with E-state index in [1.807, 2.05) is 0 Å². The highest BCUT2D eigenvalue weighted by atomic mass is 16.5. The van der Waals surface area contributed by atoms with Gasteiger partial charge in [0, 0.05) is 6.42 Å². The predicted octanol–water partition coefficient (Wildman–Crippen LogP) is 2.70. The minimum absolute atomic E-state index is 0.133. The molecule has 0 spiro atoms. The van der Waals surface area contributed by atoms with Crippen LogP contribution in [0.2, 0.25) is 0 Å². The third kappa shape index (κ3) is 5.43. The number of hydrogen-bond acceptors (Lipinski definition) is 3. The molecule has 0 unspecified atom stereocenters. The number of benzene rings is 1. The van der Waals surface area contributed by atoms with Gasteiger partial charge < -0.3 is 10.1 Å². The highest BCUT2D eigenvalue weighted by Gasteiger charge is 2.02. The molecule has 0 bridgehead atoms. The van der Waals surface area contributed by atoms with Crippen molar-refractivity contribution in [3.63, 3.8) is 0 Å². The summed E-state index contributed by atoms with van der Waals surface area (Å²) in [6.07, 6.45) is 2.36. The van der Waals surface area contributed by atoms with Gasteiger partial charge in [-0.15, -0.1) is 0 Å². The molecular weight excluding hydrogens is 238 g/mol. The van der Waals surface area contributed by atoms with E-state index < -0.39 is 0 Å². The van der Waals surface area contributed by atoms with Crippen LogP contribution in [0.5, 0.6) is 0 Å². The first-order valence-electron chi connectivity index (χ1n) is 6.89. The van der Waals surface area contributed by atoms with Crippen LogP contribution in [0.25, 0.3) is 0 Å². The zero-order chi connectivity index (χ0) is 14.3. The molecule has 0 aliphatic carbocycles. The summed E-state index contributed by atoms with van der Waals surface area (Å²) in [6, 6.07) is 4.53. The lowest BCUT2D eigenvalue weighted by molar-refractivity contribution is -0.140. The lowest BCUT2D eigenvalue weighted by Gasteiger charge is -2.10. The van der Waals surface area contributed by atoms with Gasteiger partial charge in [-0.1, -0.05) is 12.1 Å². The highest BCUT2D eigenvalue weighted by Crippen LogP contribution is 2.15. The second-order valence-electron chi connectivity index (χ2n) is 5.04. The number of esters is 1. The third-order valence-corrected chi connectivity index (χ3v) is 3.49. The molecule has 3 nitrogen and oxygen atoms in total. The SMILES string of the molecule is COC(=O)CCCNCCc1cc(C)c(C)cc1C. The normalized spacial score (nSPS) is 10.5. The number of aryl methyl sites for hydroxylation is 3. The first-order valence-corrected chi connectivity index (χ1v) is 6.89. The average molecular weight is 263 g/mol. The van der Waals surface area contributed by atoms with Gasteiger partial charge in [0.15, 0.2) is 0 Å². The maximum atomic E-state index is 10.9. The van der Waals surface area contributed by atoms with E-state index in [0.717, 1.165) is 25.9 Å². The Bertz CT molecular complexity index is 427. The number of carbonyl (C=O) groups is 1. The Labute approximate surface area is 116 Å². The van der Waals surface area contributed by atoms with Crippen molar-refractivity contribution in [2.24, 2.45) is 0 Å². The molecule has 106 valence electrons. The largest absolute Gasteiger partial charge is 0.469 e. The molecule has 3 heteroatoms. The Morgan fingerprint density at radius 2 is 1.79 bits per heavy atom. The van der Waals surface area contributed by atoms with Crippen LogP contribution in [-0.4, -0.2) is 26.2 Å². The van der Waals surface area contributed by atoms with E-state index in [2.05, 4.69) is 43.0 Å². The van der Waals surface area contributed by atoms with Crippen LogP contribution in [0, 0.1) is 20.8 Å². The fourth-order valence-electron chi connectivity index (χ4n) is 2.10. The molecule has 0 aromatic heterocycles. The van der Waals surface area contributed by atoms with Gasteiger partial charge in [0.25, 0.3) is 0 Å². The van der Waals surface area contributed by atoms with Crippen LogP contribution in [0.4, 0.5) is 0 Å². The van der Waals surface area contributed by atoms with Crippen molar-refractivity contribution < 1.29 is 9.53 Å². The zero-order valence-corrected chi connectivity index (χ0v) is 12.5. The topological polar surface area (TPSA) is 38.3 Å². The monoisotopic (exact) mass is 263 g/mol. The Morgan fingerprint density at radius 3 is 2.47 bits per heavy atom. The quantitative estimate of drug-likeness (QED) is 0.607. The van der Waals surface area contributed by atoms with E-state index in [1.165, 1.54) is 29.4 Å². The maximum Gasteiger partial charge on any atom is 0.305 e. The molecule has 1 aromatic rings. The van der Waals surface area contributed by atoms with Crippen molar-refractivity contribution >= 4 is 5.97 Å². The van der Waals surface area contributed by atoms with Crippen LogP contribution in [-0.2, 0) is 16.0 Å². The molecule has 0 atom stereocenters. The van der Waals surface area contributed by atoms with Gasteiger partial charge in [0.05, 0.1) is 7.11 Å². The molecule has 1 N–H and O–H groups in total. The summed E-state index contributed by atoms with van der Waals surface area (Å²) in [7, 11) is 1.43. The number of carbonyl (C=O) groups excluding carboxylic acids is 1. The molecule has 0 aliphatic heterocycles. The van der Waals surface area contributed by atoms with Crippen LogP contribution < -0.4 is 5.32 Å². The molecule has 19 heavy (non-hydrogen) atoms. The second-order valence-corrected chi connectivity index (χ2v) is 5.04. The first-order chi connectivity index (χ1) is 9.04. The molecular formula is C16H25NO2. The summed E-state index contributed by atoms with van der Waals surface area (Å²) in [5, 5.41) is 3.37. The van der Waals surface area contributed by atoms with Gasteiger partial charge in [0.1, 0.15) is 0 Å². The van der Waals surface area contributed by atoms with E-state index in [1.54, 1.807) is 0 Å². The molecule has 0 aliphatic rings. The number of ether oxygens (including phenoxy) is 1. The van der Waals surface area contributed by atoms with E-state index in [9.17, 15) is 4.79 Å². The number of methoxy groups -OCH3 is 1. The van der Waals surface area contributed by atoms with Gasteiger partial charge in [-0.05, 0) is 69.0 Å². The minimum Gasteiger partial charge on any atom is -0.469 e. The zero-order valence-electron chi connectivity index (χ0n) is 12.5. The predicted molar refractivity (Wildman–Crippen MR) is 78.5 cm³/mol. The summed E-state index contributed by atoms with van der Waals surface area (Å²) < 4.78 is 4.60. The Kier molecular flexibility index (Phi) is 6.57. The van der Waals surface area contributed by atoms with Crippen molar-refractivity contribution in [2.75, 3.05) is 20.2 Å². The number of nitrogens with one attached hydrogen (secondary N) is 1. The van der Waals surface area contributed by atoms with E-state index in [-0.39, 0.29) is 5.97 Å². The van der Waals surface area contributed by atoms with Crippen LogP contribution >= 0.6 is 0 Å². The molecule has 0 saturated carbocycles. The van der Waals surface area contributed by atoms with Crippen molar-refractivity contribution in [2.45, 2.75) is 40.0 Å². The van der Waals surface area contributed by atoms with Gasteiger partial charge in [-0.2, -0.15) is 0 Å². The Hall–Kier alpha value is -1.35. The van der Waals surface area contributed by atoms with Gasteiger partial charge >= 0.3 is 5.97 Å². The molecule has 0 fully saturated rings. The second kappa shape index (κ2) is 7.95. The lowest BCUT2D eigenvalue weighted by atomic mass is 9.99. The average Bonchev–Trinajstić information content (AvgIpc) is 2.38. The van der Waals surface area contributed by atoms with Crippen molar-refractivity contribution in [3.8, 4) is 0 Å². The highest BCUT2D eigenvalue weighted by molar-refractivity contribution is 5.69. The smallest absolute Gasteiger partial charge is 0.305 e. The fourth-order valence-corrected chi connectivity index (χ4v) is 2.10. The maximum absolute atomic E-state index is 10.9. The van der Waals surface area contributed by atoms with Crippen LogP contribution in [0.3, 0.4) is 0 Å². The van der Waals surface area contributed by atoms with Crippen molar-refractivity contribution in [1.82, 2.24) is 5.32 Å². The third-order valence-electron chi connectivity index (χ3n) is 3.49. The summed E-state index contributed by atoms with van der Waals surface area (Å²) in [5.41, 5.74) is 5.47. The standard InChI is InChI=1S/C16H25NO2/c1-12-10-14(3)15(11-13(12)2)7-9-17-8-5-6-16(18)19-4/h10-11,17H,5-9H2,1-4H3. The Balaban J connectivity index is 2.26. The van der Waals surface area contributed by atoms with E-state index >= 15 is 0 Å². The summed E-state index contributed by atoms with van der Waals surface area (Å²) in [6.45, 7) is 8.28. The van der Waals surface area contributed by atoms with Gasteiger partial charge in [-0.3, -0.25) is 4.79 Å². The van der Waals surface area contributed by atoms with Crippen LogP contribution in [0.15, 0.2) is 12.1 Å². The Morgan fingerprint density at radius 1 is 1.11 bits per heavy atom. The molecule has 0 amide bonds. The summed E-state index contributed by atoms with van der Waals surface area (Å²) in [4.78, 5) is 10.9. The molecule has 0 saturated heterocycles. The number of rotatable bonds is 7.